The second-order valence-corrected chi connectivity index (χ2v) is 5.81. The predicted molar refractivity (Wildman–Crippen MR) is 90.3 cm³/mol. The van der Waals surface area contributed by atoms with Crippen molar-refractivity contribution in [1.82, 2.24) is 9.78 Å². The molecule has 0 fully saturated rings. The summed E-state index contributed by atoms with van der Waals surface area (Å²) >= 11 is 0. The van der Waals surface area contributed by atoms with Crippen LogP contribution in [0.3, 0.4) is 0 Å². The van der Waals surface area contributed by atoms with Gasteiger partial charge in [0.25, 0.3) is 5.56 Å². The molecule has 0 aliphatic carbocycles. The second kappa shape index (κ2) is 7.36. The van der Waals surface area contributed by atoms with Crippen LogP contribution in [-0.4, -0.2) is 29.4 Å². The minimum atomic E-state index is -0.0277. The lowest BCUT2D eigenvalue weighted by Gasteiger charge is -2.16. The summed E-state index contributed by atoms with van der Waals surface area (Å²) in [5.74, 6) is 0. The molecule has 1 heterocycles. The van der Waals surface area contributed by atoms with E-state index in [0.717, 1.165) is 30.9 Å². The minimum Gasteiger partial charge on any atom is -0.334 e. The standard InChI is InChI=1S/C18H25N3O/c1-5-20(6-2)11-12-21-18(22)10-9-17(19-21)16-8-7-14(3)13-15(16)4/h7-10,13H,5-6,11-12H2,1-4H3/p+1. The molecule has 0 unspecified atom stereocenters. The molecule has 0 bridgehead atoms. The lowest BCUT2D eigenvalue weighted by Crippen LogP contribution is -3.11. The molecule has 2 rings (SSSR count). The quantitative estimate of drug-likeness (QED) is 0.877. The first-order valence-corrected chi connectivity index (χ1v) is 8.04. The summed E-state index contributed by atoms with van der Waals surface area (Å²) in [5, 5.41) is 4.56. The van der Waals surface area contributed by atoms with E-state index in [0.29, 0.717) is 6.54 Å². The maximum atomic E-state index is 12.0. The van der Waals surface area contributed by atoms with E-state index in [9.17, 15) is 4.79 Å². The van der Waals surface area contributed by atoms with Gasteiger partial charge in [0.2, 0.25) is 0 Å². The van der Waals surface area contributed by atoms with Crippen molar-refractivity contribution in [2.45, 2.75) is 34.2 Å². The van der Waals surface area contributed by atoms with Crippen molar-refractivity contribution >= 4 is 0 Å². The van der Waals surface area contributed by atoms with Gasteiger partial charge in [-0.25, -0.2) is 4.68 Å². The zero-order valence-corrected chi connectivity index (χ0v) is 14.0. The molecular formula is C18H26N3O+. The Balaban J connectivity index is 2.28. The van der Waals surface area contributed by atoms with Crippen LogP contribution in [0, 0.1) is 13.8 Å². The molecule has 22 heavy (non-hydrogen) atoms. The van der Waals surface area contributed by atoms with Crippen molar-refractivity contribution in [1.29, 1.82) is 0 Å². The molecule has 1 aromatic heterocycles. The van der Waals surface area contributed by atoms with Gasteiger partial charge in [0.15, 0.2) is 0 Å². The molecule has 0 radical (unpaired) electrons. The predicted octanol–water partition coefficient (Wildman–Crippen LogP) is 1.45. The highest BCUT2D eigenvalue weighted by molar-refractivity contribution is 5.63. The van der Waals surface area contributed by atoms with Gasteiger partial charge in [0.1, 0.15) is 0 Å². The number of hydrogen-bond acceptors (Lipinski definition) is 2. The maximum Gasteiger partial charge on any atom is 0.266 e. The Bertz CT molecular complexity index is 687. The Morgan fingerprint density at radius 1 is 1.09 bits per heavy atom. The molecule has 0 spiro atoms. The molecule has 2 aromatic rings. The summed E-state index contributed by atoms with van der Waals surface area (Å²) in [6, 6.07) is 9.75. The monoisotopic (exact) mass is 300 g/mol. The third-order valence-electron chi connectivity index (χ3n) is 4.20. The number of quaternary nitrogens is 1. The average Bonchev–Trinajstić information content (AvgIpc) is 2.50. The number of hydrogen-bond donors (Lipinski definition) is 1. The number of nitrogens with one attached hydrogen (secondary N) is 1. The fourth-order valence-electron chi connectivity index (χ4n) is 2.72. The number of aromatic nitrogens is 2. The van der Waals surface area contributed by atoms with E-state index in [4.69, 9.17) is 0 Å². The highest BCUT2D eigenvalue weighted by Gasteiger charge is 2.08. The van der Waals surface area contributed by atoms with Crippen LogP contribution < -0.4 is 10.5 Å². The molecule has 0 aliphatic heterocycles. The first-order valence-electron chi connectivity index (χ1n) is 8.04. The number of likely N-dealkylation sites (N-methyl/N-ethyl adjacent to an activating group) is 1. The van der Waals surface area contributed by atoms with Crippen molar-refractivity contribution < 1.29 is 4.90 Å². The smallest absolute Gasteiger partial charge is 0.266 e. The molecule has 0 saturated heterocycles. The molecule has 118 valence electrons. The molecule has 1 N–H and O–H groups in total. The fourth-order valence-corrected chi connectivity index (χ4v) is 2.72. The van der Waals surface area contributed by atoms with E-state index >= 15 is 0 Å². The Morgan fingerprint density at radius 2 is 1.82 bits per heavy atom. The SMILES string of the molecule is CC[NH+](CC)CCn1nc(-c2ccc(C)cc2C)ccc1=O. The van der Waals surface area contributed by atoms with Crippen molar-refractivity contribution in [3.63, 3.8) is 0 Å². The summed E-state index contributed by atoms with van der Waals surface area (Å²) < 4.78 is 1.60. The summed E-state index contributed by atoms with van der Waals surface area (Å²) in [4.78, 5) is 13.5. The van der Waals surface area contributed by atoms with Gasteiger partial charge in [0.05, 0.1) is 31.9 Å². The van der Waals surface area contributed by atoms with Crippen molar-refractivity contribution in [2.75, 3.05) is 19.6 Å². The van der Waals surface area contributed by atoms with Crippen molar-refractivity contribution in [2.24, 2.45) is 0 Å². The van der Waals surface area contributed by atoms with Crippen LogP contribution in [0.2, 0.25) is 0 Å². The normalized spacial score (nSPS) is 11.1. The Hall–Kier alpha value is -1.94. The average molecular weight is 300 g/mol. The number of benzene rings is 1. The fraction of sp³-hybridized carbons (Fsp3) is 0.444. The molecule has 0 aliphatic rings. The molecule has 0 saturated carbocycles. The van der Waals surface area contributed by atoms with Crippen molar-refractivity contribution in [3.8, 4) is 11.3 Å². The van der Waals surface area contributed by atoms with Crippen molar-refractivity contribution in [3.05, 3.63) is 51.8 Å². The van der Waals surface area contributed by atoms with Crippen LogP contribution in [0.4, 0.5) is 0 Å². The maximum absolute atomic E-state index is 12.0. The van der Waals surface area contributed by atoms with Gasteiger partial charge in [-0.05, 0) is 39.3 Å². The third-order valence-corrected chi connectivity index (χ3v) is 4.20. The van der Waals surface area contributed by atoms with Crippen LogP contribution in [0.5, 0.6) is 0 Å². The molecule has 4 nitrogen and oxygen atoms in total. The van der Waals surface area contributed by atoms with E-state index in [2.05, 4.69) is 51.0 Å². The van der Waals surface area contributed by atoms with Gasteiger partial charge >= 0.3 is 0 Å². The molecule has 0 amide bonds. The number of aryl methyl sites for hydroxylation is 2. The van der Waals surface area contributed by atoms with E-state index in [1.54, 1.807) is 10.7 Å². The van der Waals surface area contributed by atoms with Crippen LogP contribution in [-0.2, 0) is 6.54 Å². The Morgan fingerprint density at radius 3 is 2.45 bits per heavy atom. The van der Waals surface area contributed by atoms with Gasteiger partial charge in [-0.3, -0.25) is 4.79 Å². The highest BCUT2D eigenvalue weighted by atomic mass is 16.1. The molecule has 0 atom stereocenters. The number of rotatable bonds is 6. The summed E-state index contributed by atoms with van der Waals surface area (Å²) in [5.41, 5.74) is 4.35. The second-order valence-electron chi connectivity index (χ2n) is 5.81. The minimum absolute atomic E-state index is 0.0277. The van der Waals surface area contributed by atoms with Gasteiger partial charge in [-0.2, -0.15) is 5.10 Å². The van der Waals surface area contributed by atoms with Gasteiger partial charge in [-0.15, -0.1) is 0 Å². The third kappa shape index (κ3) is 3.83. The van der Waals surface area contributed by atoms with Gasteiger partial charge in [-0.1, -0.05) is 23.8 Å². The Labute approximate surface area is 132 Å². The van der Waals surface area contributed by atoms with E-state index in [1.807, 2.05) is 6.07 Å². The van der Waals surface area contributed by atoms with Crippen LogP contribution in [0.25, 0.3) is 11.3 Å². The summed E-state index contributed by atoms with van der Waals surface area (Å²) in [6.45, 7) is 12.2. The van der Waals surface area contributed by atoms with E-state index < -0.39 is 0 Å². The zero-order valence-electron chi connectivity index (χ0n) is 14.0. The molecule has 1 aromatic carbocycles. The van der Waals surface area contributed by atoms with Crippen LogP contribution >= 0.6 is 0 Å². The summed E-state index contributed by atoms with van der Waals surface area (Å²) in [6.07, 6.45) is 0. The van der Waals surface area contributed by atoms with Gasteiger partial charge < -0.3 is 4.90 Å². The number of nitrogens with zero attached hydrogens (tertiary/aromatic N) is 2. The molecular weight excluding hydrogens is 274 g/mol. The first-order chi connectivity index (χ1) is 10.5. The summed E-state index contributed by atoms with van der Waals surface area (Å²) in [7, 11) is 0. The largest absolute Gasteiger partial charge is 0.334 e. The van der Waals surface area contributed by atoms with E-state index in [1.165, 1.54) is 16.0 Å². The lowest BCUT2D eigenvalue weighted by atomic mass is 10.0. The topological polar surface area (TPSA) is 39.3 Å². The van der Waals surface area contributed by atoms with Gasteiger partial charge in [0, 0.05) is 11.6 Å². The zero-order chi connectivity index (χ0) is 16.1. The lowest BCUT2D eigenvalue weighted by molar-refractivity contribution is -0.897. The first kappa shape index (κ1) is 16.4. The van der Waals surface area contributed by atoms with E-state index in [-0.39, 0.29) is 5.56 Å². The molecule has 4 heteroatoms. The Kier molecular flexibility index (Phi) is 5.50. The van der Waals surface area contributed by atoms with Crippen LogP contribution in [0.1, 0.15) is 25.0 Å². The highest BCUT2D eigenvalue weighted by Crippen LogP contribution is 2.21. The van der Waals surface area contributed by atoms with Crippen LogP contribution in [0.15, 0.2) is 35.1 Å².